The Morgan fingerprint density at radius 2 is 1.86 bits per heavy atom. The summed E-state index contributed by atoms with van der Waals surface area (Å²) < 4.78 is 0. The summed E-state index contributed by atoms with van der Waals surface area (Å²) in [4.78, 5) is 15.7. The monoisotopic (exact) mass is 341 g/mol. The zero-order chi connectivity index (χ0) is 14.8. The summed E-state index contributed by atoms with van der Waals surface area (Å²) in [6.07, 6.45) is 2.29. The lowest BCUT2D eigenvalue weighted by Crippen LogP contribution is -2.21. The number of anilines is 2. The van der Waals surface area contributed by atoms with Crippen molar-refractivity contribution >= 4 is 46.9 Å². The summed E-state index contributed by atoms with van der Waals surface area (Å²) in [6, 6.07) is 5.27. The maximum atomic E-state index is 6.16. The molecule has 21 heavy (non-hydrogen) atoms. The standard InChI is InChI=1S/C13H13Cl2N5S/c14-8-3-4-9(15)10(7-8)21-13-18-11(16)17-12(19-13)20-5-1-2-6-20/h3-4,7H,1-2,5-6H2,(H2,16,17,18,19). The summed E-state index contributed by atoms with van der Waals surface area (Å²) in [6.45, 7) is 1.90. The first-order valence-electron chi connectivity index (χ1n) is 6.51. The molecule has 5 nitrogen and oxygen atoms in total. The van der Waals surface area contributed by atoms with Crippen LogP contribution in [0.4, 0.5) is 11.9 Å². The van der Waals surface area contributed by atoms with Crippen molar-refractivity contribution in [1.82, 2.24) is 15.0 Å². The lowest BCUT2D eigenvalue weighted by molar-refractivity contribution is 0.834. The number of aromatic nitrogens is 3. The maximum Gasteiger partial charge on any atom is 0.231 e. The van der Waals surface area contributed by atoms with Gasteiger partial charge < -0.3 is 10.6 Å². The summed E-state index contributed by atoms with van der Waals surface area (Å²) >= 11 is 13.5. The fraction of sp³-hybridized carbons (Fsp3) is 0.308. The average molecular weight is 342 g/mol. The first-order chi connectivity index (χ1) is 10.1. The van der Waals surface area contributed by atoms with E-state index in [1.54, 1.807) is 18.2 Å². The Morgan fingerprint density at radius 3 is 2.62 bits per heavy atom. The van der Waals surface area contributed by atoms with Crippen LogP contribution >= 0.6 is 35.0 Å². The molecule has 1 fully saturated rings. The number of hydrogen-bond acceptors (Lipinski definition) is 6. The van der Waals surface area contributed by atoms with Gasteiger partial charge in [-0.1, -0.05) is 23.2 Å². The molecular formula is C13H13Cl2N5S. The van der Waals surface area contributed by atoms with Crippen molar-refractivity contribution in [3.05, 3.63) is 28.2 Å². The highest BCUT2D eigenvalue weighted by Gasteiger charge is 2.17. The Kier molecular flexibility index (Phi) is 4.37. The topological polar surface area (TPSA) is 67.9 Å². The Morgan fingerprint density at radius 1 is 1.10 bits per heavy atom. The van der Waals surface area contributed by atoms with Crippen molar-refractivity contribution in [3.63, 3.8) is 0 Å². The van der Waals surface area contributed by atoms with Gasteiger partial charge in [-0.2, -0.15) is 15.0 Å². The molecule has 1 saturated heterocycles. The molecule has 0 unspecified atom stereocenters. The van der Waals surface area contributed by atoms with Gasteiger partial charge in [0.2, 0.25) is 11.9 Å². The van der Waals surface area contributed by atoms with Crippen molar-refractivity contribution in [2.45, 2.75) is 22.9 Å². The molecule has 1 aromatic heterocycles. The third kappa shape index (κ3) is 3.51. The Bertz CT molecular complexity index is 661. The predicted octanol–water partition coefficient (Wildman–Crippen LogP) is 3.51. The van der Waals surface area contributed by atoms with Gasteiger partial charge in [0, 0.05) is 23.0 Å². The van der Waals surface area contributed by atoms with E-state index in [-0.39, 0.29) is 5.95 Å². The molecular weight excluding hydrogens is 329 g/mol. The molecule has 0 amide bonds. The molecule has 0 aliphatic carbocycles. The largest absolute Gasteiger partial charge is 0.368 e. The van der Waals surface area contributed by atoms with Crippen LogP contribution in [0.15, 0.2) is 28.3 Å². The second kappa shape index (κ2) is 6.25. The molecule has 3 rings (SSSR count). The van der Waals surface area contributed by atoms with Crippen LogP contribution in [0, 0.1) is 0 Å². The van der Waals surface area contributed by atoms with E-state index >= 15 is 0 Å². The third-order valence-electron chi connectivity index (χ3n) is 3.10. The van der Waals surface area contributed by atoms with Crippen LogP contribution in [-0.2, 0) is 0 Å². The molecule has 2 N–H and O–H groups in total. The van der Waals surface area contributed by atoms with Crippen LogP contribution in [0.25, 0.3) is 0 Å². The summed E-state index contributed by atoms with van der Waals surface area (Å²) in [5, 5.41) is 1.74. The normalized spacial score (nSPS) is 14.7. The minimum atomic E-state index is 0.215. The maximum absolute atomic E-state index is 6.16. The fourth-order valence-electron chi connectivity index (χ4n) is 2.12. The van der Waals surface area contributed by atoms with Gasteiger partial charge in [0.1, 0.15) is 0 Å². The van der Waals surface area contributed by atoms with Crippen molar-refractivity contribution in [2.24, 2.45) is 0 Å². The Hall–Kier alpha value is -1.24. The minimum absolute atomic E-state index is 0.215. The van der Waals surface area contributed by atoms with Gasteiger partial charge in [-0.3, -0.25) is 0 Å². The number of halogens is 2. The van der Waals surface area contributed by atoms with E-state index < -0.39 is 0 Å². The summed E-state index contributed by atoms with van der Waals surface area (Å²) in [5.74, 6) is 0.841. The van der Waals surface area contributed by atoms with Gasteiger partial charge in [0.25, 0.3) is 0 Å². The summed E-state index contributed by atoms with van der Waals surface area (Å²) in [5.41, 5.74) is 5.79. The highest BCUT2D eigenvalue weighted by molar-refractivity contribution is 7.99. The fourth-order valence-corrected chi connectivity index (χ4v) is 3.40. The molecule has 0 spiro atoms. The zero-order valence-corrected chi connectivity index (χ0v) is 13.4. The molecule has 0 saturated carbocycles. The lowest BCUT2D eigenvalue weighted by atomic mass is 10.4. The average Bonchev–Trinajstić information content (AvgIpc) is 2.96. The first kappa shape index (κ1) is 14.7. The van der Waals surface area contributed by atoms with Gasteiger partial charge in [-0.05, 0) is 42.8 Å². The van der Waals surface area contributed by atoms with Crippen molar-refractivity contribution in [1.29, 1.82) is 0 Å². The van der Waals surface area contributed by atoms with Gasteiger partial charge in [0.05, 0.1) is 5.02 Å². The van der Waals surface area contributed by atoms with Crippen molar-refractivity contribution < 1.29 is 0 Å². The summed E-state index contributed by atoms with van der Waals surface area (Å²) in [7, 11) is 0. The first-order valence-corrected chi connectivity index (χ1v) is 8.08. The van der Waals surface area contributed by atoms with E-state index in [1.165, 1.54) is 11.8 Å². The smallest absolute Gasteiger partial charge is 0.231 e. The van der Waals surface area contributed by atoms with Crippen LogP contribution in [-0.4, -0.2) is 28.0 Å². The van der Waals surface area contributed by atoms with Crippen LogP contribution in [0.3, 0.4) is 0 Å². The molecule has 110 valence electrons. The van der Waals surface area contributed by atoms with Crippen molar-refractivity contribution in [3.8, 4) is 0 Å². The number of nitrogen functional groups attached to an aromatic ring is 1. The van der Waals surface area contributed by atoms with E-state index in [4.69, 9.17) is 28.9 Å². The molecule has 8 heteroatoms. The number of hydrogen-bond donors (Lipinski definition) is 1. The molecule has 1 aromatic carbocycles. The van der Waals surface area contributed by atoms with Gasteiger partial charge >= 0.3 is 0 Å². The molecule has 0 bridgehead atoms. The van der Waals surface area contributed by atoms with Crippen LogP contribution in [0.5, 0.6) is 0 Å². The quantitative estimate of drug-likeness (QED) is 0.921. The van der Waals surface area contributed by atoms with E-state index in [0.29, 0.717) is 21.2 Å². The van der Waals surface area contributed by atoms with Crippen LogP contribution in [0.2, 0.25) is 10.0 Å². The molecule has 2 heterocycles. The number of rotatable bonds is 3. The van der Waals surface area contributed by atoms with Crippen molar-refractivity contribution in [2.75, 3.05) is 23.7 Å². The second-order valence-electron chi connectivity index (χ2n) is 4.65. The minimum Gasteiger partial charge on any atom is -0.368 e. The highest BCUT2D eigenvalue weighted by Crippen LogP contribution is 2.34. The Balaban J connectivity index is 1.89. The van der Waals surface area contributed by atoms with E-state index in [1.807, 2.05) is 0 Å². The molecule has 1 aliphatic rings. The molecule has 0 atom stereocenters. The Labute approximate surface area is 136 Å². The van der Waals surface area contributed by atoms with Gasteiger partial charge in [-0.25, -0.2) is 0 Å². The predicted molar refractivity (Wildman–Crippen MR) is 86.3 cm³/mol. The zero-order valence-electron chi connectivity index (χ0n) is 11.1. The van der Waals surface area contributed by atoms with E-state index in [2.05, 4.69) is 19.9 Å². The second-order valence-corrected chi connectivity index (χ2v) is 6.50. The SMILES string of the molecule is Nc1nc(Sc2cc(Cl)ccc2Cl)nc(N2CCCC2)n1. The highest BCUT2D eigenvalue weighted by atomic mass is 35.5. The number of nitrogens with zero attached hydrogens (tertiary/aromatic N) is 4. The van der Waals surface area contributed by atoms with Gasteiger partial charge in [-0.15, -0.1) is 0 Å². The van der Waals surface area contributed by atoms with Crippen LogP contribution < -0.4 is 10.6 Å². The number of nitrogens with two attached hydrogens (primary N) is 1. The third-order valence-corrected chi connectivity index (χ3v) is 4.70. The van der Waals surface area contributed by atoms with Gasteiger partial charge in [0.15, 0.2) is 5.16 Å². The molecule has 1 aliphatic heterocycles. The lowest BCUT2D eigenvalue weighted by Gasteiger charge is -2.15. The molecule has 2 aromatic rings. The molecule has 0 radical (unpaired) electrons. The van der Waals surface area contributed by atoms with Crippen LogP contribution in [0.1, 0.15) is 12.8 Å². The van der Waals surface area contributed by atoms with E-state index in [0.717, 1.165) is 30.8 Å². The number of benzene rings is 1. The van der Waals surface area contributed by atoms with E-state index in [9.17, 15) is 0 Å².